The van der Waals surface area contributed by atoms with Gasteiger partial charge in [0, 0.05) is 18.6 Å². The van der Waals surface area contributed by atoms with Crippen LogP contribution < -0.4 is 10.6 Å². The summed E-state index contributed by atoms with van der Waals surface area (Å²) >= 11 is 0. The molecule has 1 saturated carbocycles. The number of hydrogen-bond acceptors (Lipinski definition) is 3. The van der Waals surface area contributed by atoms with Crippen molar-refractivity contribution < 1.29 is 19.4 Å². The average Bonchev–Trinajstić information content (AvgIpc) is 2.30. The van der Waals surface area contributed by atoms with Gasteiger partial charge >= 0.3 is 12.0 Å². The SMILES string of the molecule is CC[C@@H](NC(=O)NC1CC(OC)C1(C)C)C(=O)O. The molecule has 3 atom stereocenters. The summed E-state index contributed by atoms with van der Waals surface area (Å²) in [5.74, 6) is -1.02. The van der Waals surface area contributed by atoms with E-state index in [1.807, 2.05) is 13.8 Å². The lowest BCUT2D eigenvalue weighted by Crippen LogP contribution is -2.63. The van der Waals surface area contributed by atoms with Gasteiger partial charge in [0.2, 0.25) is 0 Å². The Balaban J connectivity index is 2.45. The van der Waals surface area contributed by atoms with Crippen molar-refractivity contribution in [2.75, 3.05) is 7.11 Å². The van der Waals surface area contributed by atoms with Crippen molar-refractivity contribution in [1.82, 2.24) is 10.6 Å². The predicted molar refractivity (Wildman–Crippen MR) is 66.4 cm³/mol. The van der Waals surface area contributed by atoms with Crippen molar-refractivity contribution in [3.8, 4) is 0 Å². The highest BCUT2D eigenvalue weighted by atomic mass is 16.5. The van der Waals surface area contributed by atoms with Gasteiger partial charge in [0.1, 0.15) is 6.04 Å². The third-order valence-electron chi connectivity index (χ3n) is 3.78. The smallest absolute Gasteiger partial charge is 0.326 e. The van der Waals surface area contributed by atoms with Crippen LogP contribution in [-0.2, 0) is 9.53 Å². The Kier molecular flexibility index (Phi) is 4.56. The molecular formula is C12H22N2O4. The van der Waals surface area contributed by atoms with Crippen LogP contribution in [0.4, 0.5) is 4.79 Å². The van der Waals surface area contributed by atoms with Crippen molar-refractivity contribution in [3.05, 3.63) is 0 Å². The minimum absolute atomic E-state index is 0.00810. The Morgan fingerprint density at radius 2 is 2.11 bits per heavy atom. The summed E-state index contributed by atoms with van der Waals surface area (Å²) in [6.07, 6.45) is 1.24. The van der Waals surface area contributed by atoms with E-state index in [2.05, 4.69) is 10.6 Å². The van der Waals surface area contributed by atoms with Gasteiger partial charge in [-0.15, -0.1) is 0 Å². The van der Waals surface area contributed by atoms with Gasteiger partial charge < -0.3 is 20.5 Å². The highest BCUT2D eigenvalue weighted by Crippen LogP contribution is 2.42. The van der Waals surface area contributed by atoms with E-state index < -0.39 is 18.0 Å². The molecule has 0 aromatic heterocycles. The minimum atomic E-state index is -1.02. The van der Waals surface area contributed by atoms with Crippen LogP contribution in [0.1, 0.15) is 33.6 Å². The number of carboxylic acids is 1. The van der Waals surface area contributed by atoms with Gasteiger partial charge in [-0.05, 0) is 12.8 Å². The summed E-state index contributed by atoms with van der Waals surface area (Å²) in [4.78, 5) is 22.5. The summed E-state index contributed by atoms with van der Waals surface area (Å²) < 4.78 is 5.29. The number of hydrogen-bond donors (Lipinski definition) is 3. The highest BCUT2D eigenvalue weighted by Gasteiger charge is 2.49. The van der Waals surface area contributed by atoms with Crippen LogP contribution in [0, 0.1) is 5.41 Å². The van der Waals surface area contributed by atoms with Crippen LogP contribution in [-0.4, -0.2) is 42.4 Å². The van der Waals surface area contributed by atoms with E-state index >= 15 is 0 Å². The second-order valence-corrected chi connectivity index (χ2v) is 5.25. The zero-order valence-electron chi connectivity index (χ0n) is 11.3. The van der Waals surface area contributed by atoms with Gasteiger partial charge in [0.05, 0.1) is 6.10 Å². The maximum Gasteiger partial charge on any atom is 0.326 e. The number of rotatable bonds is 5. The van der Waals surface area contributed by atoms with E-state index in [9.17, 15) is 9.59 Å². The molecule has 1 aliphatic carbocycles. The van der Waals surface area contributed by atoms with E-state index in [0.717, 1.165) is 6.42 Å². The van der Waals surface area contributed by atoms with Crippen LogP contribution in [0.2, 0.25) is 0 Å². The summed E-state index contributed by atoms with van der Waals surface area (Å²) in [7, 11) is 1.65. The van der Waals surface area contributed by atoms with Crippen molar-refractivity contribution in [1.29, 1.82) is 0 Å². The molecule has 6 nitrogen and oxygen atoms in total. The minimum Gasteiger partial charge on any atom is -0.480 e. The first-order chi connectivity index (χ1) is 8.32. The molecular weight excluding hydrogens is 236 g/mol. The number of methoxy groups -OCH3 is 1. The summed E-state index contributed by atoms with van der Waals surface area (Å²) in [6, 6.07) is -1.27. The lowest BCUT2D eigenvalue weighted by molar-refractivity contribution is -0.139. The molecule has 2 unspecified atom stereocenters. The van der Waals surface area contributed by atoms with Crippen molar-refractivity contribution in [2.45, 2.75) is 51.8 Å². The second-order valence-electron chi connectivity index (χ2n) is 5.25. The Hall–Kier alpha value is -1.30. The summed E-state index contributed by atoms with van der Waals surface area (Å²) in [5.41, 5.74) is -0.128. The lowest BCUT2D eigenvalue weighted by atomic mass is 9.64. The number of carboxylic acid groups (broad SMARTS) is 1. The Morgan fingerprint density at radius 1 is 1.50 bits per heavy atom. The van der Waals surface area contributed by atoms with Crippen LogP contribution in [0.25, 0.3) is 0 Å². The number of nitrogens with one attached hydrogen (secondary N) is 2. The van der Waals surface area contributed by atoms with E-state index in [1.54, 1.807) is 14.0 Å². The summed E-state index contributed by atoms with van der Waals surface area (Å²) in [6.45, 7) is 5.75. The number of carbonyl (C=O) groups excluding carboxylic acids is 1. The van der Waals surface area contributed by atoms with Crippen molar-refractivity contribution >= 4 is 12.0 Å². The number of urea groups is 1. The molecule has 18 heavy (non-hydrogen) atoms. The topological polar surface area (TPSA) is 87.7 Å². The molecule has 104 valence electrons. The highest BCUT2D eigenvalue weighted by molar-refractivity contribution is 5.82. The lowest BCUT2D eigenvalue weighted by Gasteiger charge is -2.51. The molecule has 0 spiro atoms. The van der Waals surface area contributed by atoms with E-state index in [4.69, 9.17) is 9.84 Å². The standard InChI is InChI=1S/C12H22N2O4/c1-5-7(10(15)16)13-11(17)14-8-6-9(18-4)12(8,2)3/h7-9H,5-6H2,1-4H3,(H,15,16)(H2,13,14,17)/t7-,8?,9?/m1/s1. The predicted octanol–water partition coefficient (Wildman–Crippen LogP) is 0.962. The quantitative estimate of drug-likeness (QED) is 0.685. The Morgan fingerprint density at radius 3 is 2.50 bits per heavy atom. The molecule has 2 amide bonds. The summed E-state index contributed by atoms with van der Waals surface area (Å²) in [5, 5.41) is 14.1. The van der Waals surface area contributed by atoms with Gasteiger partial charge in [-0.2, -0.15) is 0 Å². The van der Waals surface area contributed by atoms with Gasteiger partial charge in [-0.1, -0.05) is 20.8 Å². The molecule has 0 saturated heterocycles. The monoisotopic (exact) mass is 258 g/mol. The largest absolute Gasteiger partial charge is 0.480 e. The van der Waals surface area contributed by atoms with E-state index in [-0.39, 0.29) is 17.6 Å². The van der Waals surface area contributed by atoms with Crippen molar-refractivity contribution in [2.24, 2.45) is 5.41 Å². The van der Waals surface area contributed by atoms with Crippen LogP contribution in [0.3, 0.4) is 0 Å². The molecule has 0 heterocycles. The Bertz CT molecular complexity index is 330. The van der Waals surface area contributed by atoms with Crippen LogP contribution in [0.5, 0.6) is 0 Å². The molecule has 0 aromatic carbocycles. The zero-order chi connectivity index (χ0) is 13.9. The normalized spacial score (nSPS) is 26.9. The first kappa shape index (κ1) is 14.8. The fraction of sp³-hybridized carbons (Fsp3) is 0.833. The van der Waals surface area contributed by atoms with Crippen LogP contribution >= 0.6 is 0 Å². The fourth-order valence-electron chi connectivity index (χ4n) is 2.23. The Labute approximate surface area is 107 Å². The number of aliphatic carboxylic acids is 1. The fourth-order valence-corrected chi connectivity index (χ4v) is 2.23. The van der Waals surface area contributed by atoms with Gasteiger partial charge in [0.25, 0.3) is 0 Å². The number of amides is 2. The van der Waals surface area contributed by atoms with E-state index in [0.29, 0.717) is 6.42 Å². The molecule has 6 heteroatoms. The van der Waals surface area contributed by atoms with Gasteiger partial charge in [-0.25, -0.2) is 9.59 Å². The van der Waals surface area contributed by atoms with Crippen molar-refractivity contribution in [3.63, 3.8) is 0 Å². The molecule has 0 radical (unpaired) electrons. The maximum absolute atomic E-state index is 11.7. The first-order valence-electron chi connectivity index (χ1n) is 6.15. The zero-order valence-corrected chi connectivity index (χ0v) is 11.3. The molecule has 1 rings (SSSR count). The second kappa shape index (κ2) is 5.56. The maximum atomic E-state index is 11.7. The molecule has 0 aromatic rings. The number of carbonyl (C=O) groups is 2. The average molecular weight is 258 g/mol. The third-order valence-corrected chi connectivity index (χ3v) is 3.78. The third kappa shape index (κ3) is 2.93. The molecule has 0 bridgehead atoms. The van der Waals surface area contributed by atoms with Gasteiger partial charge in [0.15, 0.2) is 0 Å². The van der Waals surface area contributed by atoms with E-state index in [1.165, 1.54) is 0 Å². The van der Waals surface area contributed by atoms with Gasteiger partial charge in [-0.3, -0.25) is 0 Å². The molecule has 1 fully saturated rings. The molecule has 3 N–H and O–H groups in total. The first-order valence-corrected chi connectivity index (χ1v) is 6.15. The van der Waals surface area contributed by atoms with Crippen LogP contribution in [0.15, 0.2) is 0 Å². The molecule has 0 aliphatic heterocycles. The number of ether oxygens (including phenoxy) is 1. The molecule has 1 aliphatic rings.